The maximum atomic E-state index is 12.1. The van der Waals surface area contributed by atoms with Gasteiger partial charge in [-0.1, -0.05) is 20.8 Å². The van der Waals surface area contributed by atoms with Crippen molar-refractivity contribution in [3.05, 3.63) is 0 Å². The molecule has 1 N–H and O–H groups in total. The molecule has 0 fully saturated rings. The molecule has 0 aliphatic carbocycles. The summed E-state index contributed by atoms with van der Waals surface area (Å²) in [5, 5.41) is 9.93. The standard InChI is InChI=1S/C12H22O4.H2S/c1-11(2,3)10(14)8(12(4,5)15)7-9(13)16-6;/h8,15H,7H2,1-6H3;1H2/t8-;/m1./s1. The molecule has 0 bridgehead atoms. The minimum atomic E-state index is -1.22. The topological polar surface area (TPSA) is 63.6 Å². The van der Waals surface area contributed by atoms with Crippen molar-refractivity contribution in [2.45, 2.75) is 46.6 Å². The van der Waals surface area contributed by atoms with Crippen molar-refractivity contribution in [1.29, 1.82) is 0 Å². The van der Waals surface area contributed by atoms with Gasteiger partial charge in [-0.15, -0.1) is 0 Å². The van der Waals surface area contributed by atoms with Gasteiger partial charge in [0.15, 0.2) is 0 Å². The van der Waals surface area contributed by atoms with E-state index in [1.165, 1.54) is 21.0 Å². The van der Waals surface area contributed by atoms with Crippen molar-refractivity contribution in [3.63, 3.8) is 0 Å². The van der Waals surface area contributed by atoms with Gasteiger partial charge >= 0.3 is 5.97 Å². The fourth-order valence-corrected chi connectivity index (χ4v) is 1.44. The molecule has 0 aliphatic rings. The molecule has 17 heavy (non-hydrogen) atoms. The highest BCUT2D eigenvalue weighted by Crippen LogP contribution is 2.30. The summed E-state index contributed by atoms with van der Waals surface area (Å²) in [7, 11) is 1.27. The number of carbonyl (C=O) groups excluding carboxylic acids is 2. The van der Waals surface area contributed by atoms with Crippen molar-refractivity contribution in [2.75, 3.05) is 7.11 Å². The van der Waals surface area contributed by atoms with Gasteiger partial charge in [0.1, 0.15) is 5.78 Å². The summed E-state index contributed by atoms with van der Waals surface area (Å²) in [4.78, 5) is 23.3. The Morgan fingerprint density at radius 2 is 1.59 bits per heavy atom. The van der Waals surface area contributed by atoms with Gasteiger partial charge in [-0.3, -0.25) is 9.59 Å². The summed E-state index contributed by atoms with van der Waals surface area (Å²) in [6, 6.07) is 0. The third-order valence-corrected chi connectivity index (χ3v) is 2.51. The van der Waals surface area contributed by atoms with Crippen molar-refractivity contribution >= 4 is 25.2 Å². The summed E-state index contributed by atoms with van der Waals surface area (Å²) in [6.45, 7) is 8.37. The molecule has 0 amide bonds. The van der Waals surface area contributed by atoms with Gasteiger partial charge in [-0.05, 0) is 13.8 Å². The van der Waals surface area contributed by atoms with Gasteiger partial charge in [-0.25, -0.2) is 0 Å². The first kappa shape index (κ1) is 18.8. The molecule has 0 radical (unpaired) electrons. The van der Waals surface area contributed by atoms with E-state index in [1.807, 2.05) is 0 Å². The molecule has 4 nitrogen and oxygen atoms in total. The van der Waals surface area contributed by atoms with Gasteiger partial charge < -0.3 is 9.84 Å². The van der Waals surface area contributed by atoms with E-state index in [2.05, 4.69) is 4.74 Å². The minimum absolute atomic E-state index is 0. The van der Waals surface area contributed by atoms with E-state index >= 15 is 0 Å². The predicted molar refractivity (Wildman–Crippen MR) is 71.3 cm³/mol. The Kier molecular flexibility index (Phi) is 7.08. The van der Waals surface area contributed by atoms with E-state index in [0.717, 1.165) is 0 Å². The molecule has 5 heteroatoms. The lowest BCUT2D eigenvalue weighted by Crippen LogP contribution is -2.43. The third-order valence-electron chi connectivity index (χ3n) is 2.51. The summed E-state index contributed by atoms with van der Waals surface area (Å²) < 4.78 is 4.54. The normalized spacial score (nSPS) is 13.6. The Balaban J connectivity index is 0. The molecule has 1 atom stereocenters. The quantitative estimate of drug-likeness (QED) is 0.784. The second kappa shape index (κ2) is 6.40. The Morgan fingerprint density at radius 3 is 1.82 bits per heavy atom. The Bertz CT molecular complexity index is 273. The van der Waals surface area contributed by atoms with E-state index in [9.17, 15) is 14.7 Å². The van der Waals surface area contributed by atoms with Crippen LogP contribution < -0.4 is 0 Å². The van der Waals surface area contributed by atoms with Gasteiger partial charge in [0.25, 0.3) is 0 Å². The number of ketones is 1. The predicted octanol–water partition coefficient (Wildman–Crippen LogP) is 1.66. The average molecular weight is 264 g/mol. The van der Waals surface area contributed by atoms with Crippen LogP contribution in [0.25, 0.3) is 0 Å². The lowest BCUT2D eigenvalue weighted by Gasteiger charge is -2.32. The molecule has 0 aromatic heterocycles. The summed E-state index contributed by atoms with van der Waals surface area (Å²) >= 11 is 0. The highest BCUT2D eigenvalue weighted by atomic mass is 32.1. The molecule has 0 saturated heterocycles. The number of hydrogen-bond acceptors (Lipinski definition) is 4. The van der Waals surface area contributed by atoms with Gasteiger partial charge in [0, 0.05) is 5.41 Å². The summed E-state index contributed by atoms with van der Waals surface area (Å²) in [6.07, 6.45) is -0.0872. The minimum Gasteiger partial charge on any atom is -0.469 e. The number of rotatable bonds is 4. The lowest BCUT2D eigenvalue weighted by molar-refractivity contribution is -0.151. The van der Waals surface area contributed by atoms with Crippen molar-refractivity contribution in [1.82, 2.24) is 0 Å². The molecular weight excluding hydrogens is 240 g/mol. The van der Waals surface area contributed by atoms with Gasteiger partial charge in [-0.2, -0.15) is 13.5 Å². The number of Topliss-reactive ketones (excluding diaryl/α,β-unsaturated/α-hetero) is 1. The molecule has 0 aromatic carbocycles. The zero-order chi connectivity index (χ0) is 13.1. The molecule has 0 rings (SSSR count). The van der Waals surface area contributed by atoms with Crippen LogP contribution >= 0.6 is 13.5 Å². The highest BCUT2D eigenvalue weighted by molar-refractivity contribution is 7.59. The van der Waals surface area contributed by atoms with Crippen LogP contribution in [-0.2, 0) is 14.3 Å². The first-order valence-corrected chi connectivity index (χ1v) is 5.33. The average Bonchev–Trinajstić information content (AvgIpc) is 2.09. The van der Waals surface area contributed by atoms with Crippen LogP contribution in [0.5, 0.6) is 0 Å². The maximum Gasteiger partial charge on any atom is 0.306 e. The summed E-state index contributed by atoms with van der Waals surface area (Å²) in [5.41, 5.74) is -1.81. The number of hydrogen-bond donors (Lipinski definition) is 1. The zero-order valence-electron chi connectivity index (χ0n) is 11.5. The number of aliphatic hydroxyl groups is 1. The molecule has 0 saturated carbocycles. The Hall–Kier alpha value is -0.550. The zero-order valence-corrected chi connectivity index (χ0v) is 12.5. The largest absolute Gasteiger partial charge is 0.469 e. The van der Waals surface area contributed by atoms with E-state index in [-0.39, 0.29) is 25.7 Å². The fraction of sp³-hybridized carbons (Fsp3) is 0.833. The van der Waals surface area contributed by atoms with Crippen molar-refractivity contribution < 1.29 is 19.4 Å². The van der Waals surface area contributed by atoms with Crippen LogP contribution in [0, 0.1) is 11.3 Å². The highest BCUT2D eigenvalue weighted by Gasteiger charge is 2.40. The smallest absolute Gasteiger partial charge is 0.306 e. The van der Waals surface area contributed by atoms with Crippen LogP contribution in [-0.4, -0.2) is 29.6 Å². The van der Waals surface area contributed by atoms with Crippen LogP contribution in [0.15, 0.2) is 0 Å². The fourth-order valence-electron chi connectivity index (χ4n) is 1.44. The molecule has 0 aromatic rings. The second-order valence-corrected chi connectivity index (χ2v) is 5.60. The number of esters is 1. The molecule has 0 spiro atoms. The van der Waals surface area contributed by atoms with Crippen LogP contribution in [0.2, 0.25) is 0 Å². The van der Waals surface area contributed by atoms with E-state index in [1.54, 1.807) is 20.8 Å². The second-order valence-electron chi connectivity index (χ2n) is 5.60. The summed E-state index contributed by atoms with van der Waals surface area (Å²) in [5.74, 6) is -1.35. The van der Waals surface area contributed by atoms with Crippen molar-refractivity contribution in [3.8, 4) is 0 Å². The molecule has 0 unspecified atom stereocenters. The van der Waals surface area contributed by atoms with E-state index in [4.69, 9.17) is 0 Å². The van der Waals surface area contributed by atoms with Crippen LogP contribution in [0.3, 0.4) is 0 Å². The first-order chi connectivity index (χ1) is 7.00. The SMILES string of the molecule is COC(=O)C[C@H](C(=O)C(C)(C)C)C(C)(C)O.S. The van der Waals surface area contributed by atoms with Crippen LogP contribution in [0.4, 0.5) is 0 Å². The Labute approximate surface area is 110 Å². The van der Waals surface area contributed by atoms with E-state index < -0.39 is 22.9 Å². The molecule has 102 valence electrons. The van der Waals surface area contributed by atoms with E-state index in [0.29, 0.717) is 0 Å². The molecular formula is C12H24O4S. The molecule has 0 aliphatic heterocycles. The first-order valence-electron chi connectivity index (χ1n) is 5.33. The Morgan fingerprint density at radius 1 is 1.18 bits per heavy atom. The van der Waals surface area contributed by atoms with Crippen molar-refractivity contribution in [2.24, 2.45) is 11.3 Å². The monoisotopic (exact) mass is 264 g/mol. The number of methoxy groups -OCH3 is 1. The maximum absolute atomic E-state index is 12.1. The van der Waals surface area contributed by atoms with Gasteiger partial charge in [0.2, 0.25) is 0 Å². The van der Waals surface area contributed by atoms with Gasteiger partial charge in [0.05, 0.1) is 25.0 Å². The van der Waals surface area contributed by atoms with Crippen LogP contribution in [0.1, 0.15) is 41.0 Å². The number of ether oxygens (including phenoxy) is 1. The third kappa shape index (κ3) is 6.07. The lowest BCUT2D eigenvalue weighted by atomic mass is 9.75. The molecule has 0 heterocycles. The number of carbonyl (C=O) groups is 2.